The van der Waals surface area contributed by atoms with Gasteiger partial charge in [0.25, 0.3) is 0 Å². The lowest BCUT2D eigenvalue weighted by Gasteiger charge is -2.22. The SMILES string of the molecule is CN=C(NCCOc1ccc(Cl)cn1)N(C)Cc1cccn1C.I. The second-order valence-electron chi connectivity index (χ2n) is 5.10. The summed E-state index contributed by atoms with van der Waals surface area (Å²) in [6, 6.07) is 7.63. The molecule has 2 aromatic rings. The molecule has 0 fully saturated rings. The molecule has 2 heterocycles. The van der Waals surface area contributed by atoms with E-state index >= 15 is 0 Å². The number of ether oxygens (including phenoxy) is 1. The Morgan fingerprint density at radius 1 is 1.42 bits per heavy atom. The zero-order valence-electron chi connectivity index (χ0n) is 14.1. The van der Waals surface area contributed by atoms with Gasteiger partial charge in [0.15, 0.2) is 5.96 Å². The summed E-state index contributed by atoms with van der Waals surface area (Å²) >= 11 is 5.78. The van der Waals surface area contributed by atoms with E-state index in [1.54, 1.807) is 25.4 Å². The minimum Gasteiger partial charge on any atom is -0.476 e. The number of halogens is 2. The van der Waals surface area contributed by atoms with Gasteiger partial charge >= 0.3 is 0 Å². The van der Waals surface area contributed by atoms with E-state index in [4.69, 9.17) is 16.3 Å². The van der Waals surface area contributed by atoms with Gasteiger partial charge in [0, 0.05) is 45.3 Å². The van der Waals surface area contributed by atoms with Crippen LogP contribution in [0.1, 0.15) is 5.69 Å². The van der Waals surface area contributed by atoms with Gasteiger partial charge in [0.2, 0.25) is 5.88 Å². The maximum Gasteiger partial charge on any atom is 0.213 e. The first-order valence-electron chi connectivity index (χ1n) is 7.36. The van der Waals surface area contributed by atoms with Crippen molar-refractivity contribution in [3.05, 3.63) is 47.4 Å². The van der Waals surface area contributed by atoms with E-state index in [0.717, 1.165) is 12.5 Å². The summed E-state index contributed by atoms with van der Waals surface area (Å²) in [7, 11) is 5.81. The molecule has 132 valence electrons. The molecule has 0 spiro atoms. The number of pyridine rings is 1. The number of guanidine groups is 1. The lowest BCUT2D eigenvalue weighted by atomic mass is 10.4. The van der Waals surface area contributed by atoms with Crippen molar-refractivity contribution in [2.75, 3.05) is 27.2 Å². The molecule has 0 atom stereocenters. The number of aromatic nitrogens is 2. The average molecular weight is 464 g/mol. The minimum absolute atomic E-state index is 0. The number of hydrogen-bond donors (Lipinski definition) is 1. The van der Waals surface area contributed by atoms with Crippen LogP contribution in [0, 0.1) is 0 Å². The van der Waals surface area contributed by atoms with Crippen LogP contribution >= 0.6 is 35.6 Å². The first-order valence-corrected chi connectivity index (χ1v) is 7.74. The van der Waals surface area contributed by atoms with Crippen LogP contribution in [0.4, 0.5) is 0 Å². The van der Waals surface area contributed by atoms with E-state index in [2.05, 4.69) is 30.8 Å². The van der Waals surface area contributed by atoms with Gasteiger partial charge in [-0.25, -0.2) is 4.98 Å². The molecule has 6 nitrogen and oxygen atoms in total. The van der Waals surface area contributed by atoms with E-state index in [0.29, 0.717) is 24.1 Å². The topological polar surface area (TPSA) is 54.7 Å². The molecule has 0 saturated heterocycles. The Morgan fingerprint density at radius 2 is 2.21 bits per heavy atom. The molecule has 0 bridgehead atoms. The Balaban J connectivity index is 0.00000288. The Hall–Kier alpha value is -1.48. The Morgan fingerprint density at radius 3 is 2.79 bits per heavy atom. The fraction of sp³-hybridized carbons (Fsp3) is 0.375. The summed E-state index contributed by atoms with van der Waals surface area (Å²) in [6.45, 7) is 1.91. The summed E-state index contributed by atoms with van der Waals surface area (Å²) in [4.78, 5) is 10.4. The monoisotopic (exact) mass is 463 g/mol. The molecule has 24 heavy (non-hydrogen) atoms. The molecule has 0 saturated carbocycles. The largest absolute Gasteiger partial charge is 0.476 e. The van der Waals surface area contributed by atoms with Crippen molar-refractivity contribution in [3.63, 3.8) is 0 Å². The normalized spacial score (nSPS) is 10.9. The molecule has 0 aromatic carbocycles. The van der Waals surface area contributed by atoms with Crippen molar-refractivity contribution < 1.29 is 4.74 Å². The molecule has 1 N–H and O–H groups in total. The summed E-state index contributed by atoms with van der Waals surface area (Å²) in [6.07, 6.45) is 3.60. The number of aryl methyl sites for hydroxylation is 1. The van der Waals surface area contributed by atoms with E-state index < -0.39 is 0 Å². The Bertz CT molecular complexity index is 644. The highest BCUT2D eigenvalue weighted by Gasteiger charge is 2.08. The standard InChI is InChI=1S/C16H22ClN5O.HI/c1-18-16(22(3)12-14-5-4-9-21(14)2)19-8-10-23-15-7-6-13(17)11-20-15;/h4-7,9,11H,8,10,12H2,1-3H3,(H,18,19);1H. The van der Waals surface area contributed by atoms with Crippen LogP contribution < -0.4 is 10.1 Å². The van der Waals surface area contributed by atoms with Crippen LogP contribution in [-0.4, -0.2) is 47.7 Å². The first-order chi connectivity index (χ1) is 11.1. The third-order valence-electron chi connectivity index (χ3n) is 3.36. The van der Waals surface area contributed by atoms with Crippen molar-refractivity contribution in [2.24, 2.45) is 12.0 Å². The molecular formula is C16H23ClIN5O. The number of rotatable bonds is 6. The first kappa shape index (κ1) is 20.6. The summed E-state index contributed by atoms with van der Waals surface area (Å²) < 4.78 is 7.65. The predicted octanol–water partition coefficient (Wildman–Crippen LogP) is 2.78. The Kier molecular flexibility index (Phi) is 8.91. The minimum atomic E-state index is 0. The van der Waals surface area contributed by atoms with Crippen LogP contribution in [0.3, 0.4) is 0 Å². The second-order valence-corrected chi connectivity index (χ2v) is 5.54. The van der Waals surface area contributed by atoms with Crippen molar-refractivity contribution in [1.29, 1.82) is 0 Å². The molecule has 0 radical (unpaired) electrons. The predicted molar refractivity (Wildman–Crippen MR) is 108 cm³/mol. The van der Waals surface area contributed by atoms with Crippen LogP contribution in [0.5, 0.6) is 5.88 Å². The van der Waals surface area contributed by atoms with Crippen molar-refractivity contribution in [3.8, 4) is 5.88 Å². The van der Waals surface area contributed by atoms with E-state index in [1.807, 2.05) is 26.4 Å². The highest BCUT2D eigenvalue weighted by Crippen LogP contribution is 2.11. The average Bonchev–Trinajstić information content (AvgIpc) is 2.94. The van der Waals surface area contributed by atoms with Crippen molar-refractivity contribution in [2.45, 2.75) is 6.54 Å². The van der Waals surface area contributed by atoms with Gasteiger partial charge in [0.1, 0.15) is 6.61 Å². The molecule has 0 aliphatic carbocycles. The molecule has 8 heteroatoms. The third kappa shape index (κ3) is 6.20. The second kappa shape index (κ2) is 10.4. The van der Waals surface area contributed by atoms with E-state index in [1.165, 1.54) is 5.69 Å². The highest BCUT2D eigenvalue weighted by molar-refractivity contribution is 14.0. The highest BCUT2D eigenvalue weighted by atomic mass is 127. The van der Waals surface area contributed by atoms with Gasteiger partial charge in [-0.2, -0.15) is 0 Å². The van der Waals surface area contributed by atoms with Crippen LogP contribution in [-0.2, 0) is 13.6 Å². The van der Waals surface area contributed by atoms with E-state index in [9.17, 15) is 0 Å². The van der Waals surface area contributed by atoms with Crippen molar-refractivity contribution >= 4 is 41.5 Å². The van der Waals surface area contributed by atoms with Gasteiger partial charge in [-0.1, -0.05) is 11.6 Å². The third-order valence-corrected chi connectivity index (χ3v) is 3.58. The fourth-order valence-electron chi connectivity index (χ4n) is 2.13. The number of nitrogens with zero attached hydrogens (tertiary/aromatic N) is 4. The van der Waals surface area contributed by atoms with Gasteiger partial charge in [-0.15, -0.1) is 24.0 Å². The maximum absolute atomic E-state index is 5.78. The molecule has 0 aliphatic rings. The number of nitrogens with one attached hydrogen (secondary N) is 1. The molecule has 2 aromatic heterocycles. The number of aliphatic imine (C=N–C) groups is 1. The molecular weight excluding hydrogens is 441 g/mol. The lowest BCUT2D eigenvalue weighted by Crippen LogP contribution is -2.40. The molecule has 0 unspecified atom stereocenters. The quantitative estimate of drug-likeness (QED) is 0.310. The Labute approximate surface area is 164 Å². The van der Waals surface area contributed by atoms with Gasteiger partial charge < -0.3 is 19.5 Å². The zero-order valence-corrected chi connectivity index (χ0v) is 17.2. The summed E-state index contributed by atoms with van der Waals surface area (Å²) in [5, 5.41) is 3.87. The molecule has 0 amide bonds. The zero-order chi connectivity index (χ0) is 16.7. The smallest absolute Gasteiger partial charge is 0.213 e. The van der Waals surface area contributed by atoms with Crippen LogP contribution in [0.2, 0.25) is 5.02 Å². The van der Waals surface area contributed by atoms with Crippen LogP contribution in [0.25, 0.3) is 0 Å². The lowest BCUT2D eigenvalue weighted by molar-refractivity contribution is 0.307. The molecule has 0 aliphatic heterocycles. The van der Waals surface area contributed by atoms with Gasteiger partial charge in [-0.05, 0) is 18.2 Å². The van der Waals surface area contributed by atoms with Crippen LogP contribution in [0.15, 0.2) is 41.7 Å². The van der Waals surface area contributed by atoms with Gasteiger partial charge in [-0.3, -0.25) is 4.99 Å². The fourth-order valence-corrected chi connectivity index (χ4v) is 2.24. The summed E-state index contributed by atoms with van der Waals surface area (Å²) in [5.41, 5.74) is 1.22. The summed E-state index contributed by atoms with van der Waals surface area (Å²) in [5.74, 6) is 1.38. The number of hydrogen-bond acceptors (Lipinski definition) is 3. The van der Waals surface area contributed by atoms with Crippen molar-refractivity contribution in [1.82, 2.24) is 19.8 Å². The maximum atomic E-state index is 5.78. The molecule has 2 rings (SSSR count). The van der Waals surface area contributed by atoms with Gasteiger partial charge in [0.05, 0.1) is 18.1 Å². The van der Waals surface area contributed by atoms with E-state index in [-0.39, 0.29) is 24.0 Å².